The van der Waals surface area contributed by atoms with Gasteiger partial charge in [0.2, 0.25) is 17.7 Å². The van der Waals surface area contributed by atoms with Crippen LogP contribution in [0, 0.1) is 0 Å². The minimum absolute atomic E-state index is 0.105. The molecule has 162 valence electrons. The maximum absolute atomic E-state index is 12.2. The van der Waals surface area contributed by atoms with Crippen LogP contribution in [0.2, 0.25) is 0 Å². The number of imidazole rings is 1. The highest BCUT2D eigenvalue weighted by molar-refractivity contribution is 7.80. The number of nitrogens with one attached hydrogen (secondary N) is 4. The highest BCUT2D eigenvalue weighted by Crippen LogP contribution is 1.98. The summed E-state index contributed by atoms with van der Waals surface area (Å²) in [6.07, 6.45) is 2.99. The molecule has 0 bridgehead atoms. The summed E-state index contributed by atoms with van der Waals surface area (Å²) < 4.78 is 0. The number of rotatable bonds is 12. The van der Waals surface area contributed by atoms with E-state index in [2.05, 4.69) is 38.5 Å². The summed E-state index contributed by atoms with van der Waals surface area (Å²) in [5.41, 5.74) is 6.34. The van der Waals surface area contributed by atoms with Crippen LogP contribution >= 0.6 is 12.6 Å². The number of nitrogens with two attached hydrogens (primary N) is 1. The summed E-state index contributed by atoms with van der Waals surface area (Å²) in [6, 6.07) is -5.32. The van der Waals surface area contributed by atoms with Crippen molar-refractivity contribution in [3.8, 4) is 0 Å². The van der Waals surface area contributed by atoms with Gasteiger partial charge in [0.05, 0.1) is 25.6 Å². The van der Waals surface area contributed by atoms with Crippen LogP contribution < -0.4 is 21.7 Å². The first-order valence-corrected chi connectivity index (χ1v) is 9.06. The van der Waals surface area contributed by atoms with Gasteiger partial charge in [-0.2, -0.15) is 12.6 Å². The quantitative estimate of drug-likeness (QED) is 0.146. The number of carbonyl (C=O) groups is 4. The lowest BCUT2D eigenvalue weighted by Crippen LogP contribution is -2.59. The Kier molecular flexibility index (Phi) is 10.1. The van der Waals surface area contributed by atoms with E-state index in [1.54, 1.807) is 0 Å². The molecule has 0 radical (unpaired) electrons. The molecule has 1 rings (SSSR count). The third-order valence-electron chi connectivity index (χ3n) is 3.76. The monoisotopic (exact) mass is 432 g/mol. The topological polar surface area (TPSA) is 220 Å². The molecule has 14 heteroatoms. The van der Waals surface area contributed by atoms with Gasteiger partial charge in [-0.25, -0.2) is 9.78 Å². The molecule has 1 heterocycles. The van der Waals surface area contributed by atoms with E-state index in [9.17, 15) is 29.4 Å². The summed E-state index contributed by atoms with van der Waals surface area (Å²) in [5, 5.41) is 34.1. The molecular formula is C15H24N6O7S. The Hall–Kier alpha value is -2.68. The van der Waals surface area contributed by atoms with Crippen LogP contribution in [0.25, 0.3) is 0 Å². The molecule has 1 aromatic rings. The van der Waals surface area contributed by atoms with Crippen molar-refractivity contribution < 1.29 is 34.5 Å². The molecular weight excluding hydrogens is 408 g/mol. The summed E-state index contributed by atoms with van der Waals surface area (Å²) in [7, 11) is 0. The minimum atomic E-state index is -1.51. The van der Waals surface area contributed by atoms with Crippen LogP contribution in [0.15, 0.2) is 12.5 Å². The van der Waals surface area contributed by atoms with E-state index in [1.807, 2.05) is 0 Å². The molecule has 4 unspecified atom stereocenters. The molecule has 29 heavy (non-hydrogen) atoms. The zero-order valence-electron chi connectivity index (χ0n) is 15.2. The zero-order valence-corrected chi connectivity index (χ0v) is 16.1. The number of hydrogen-bond acceptors (Lipinski definition) is 9. The second-order valence-corrected chi connectivity index (χ2v) is 6.32. The first-order valence-electron chi connectivity index (χ1n) is 8.42. The Morgan fingerprint density at radius 3 is 1.97 bits per heavy atom. The molecule has 0 spiro atoms. The van der Waals surface area contributed by atoms with Crippen molar-refractivity contribution in [2.24, 2.45) is 5.73 Å². The van der Waals surface area contributed by atoms with E-state index < -0.39 is 61.1 Å². The molecule has 0 saturated carbocycles. The third kappa shape index (κ3) is 7.69. The number of aliphatic carboxylic acids is 1. The molecule has 1 aromatic heterocycles. The van der Waals surface area contributed by atoms with Crippen LogP contribution in [0.1, 0.15) is 5.69 Å². The fourth-order valence-electron chi connectivity index (χ4n) is 2.12. The van der Waals surface area contributed by atoms with Gasteiger partial charge in [-0.15, -0.1) is 0 Å². The normalized spacial score (nSPS) is 14.9. The van der Waals surface area contributed by atoms with E-state index in [0.717, 1.165) is 0 Å². The highest BCUT2D eigenvalue weighted by atomic mass is 32.1. The number of aromatic nitrogens is 2. The summed E-state index contributed by atoms with van der Waals surface area (Å²) in [6.45, 7) is -1.65. The van der Waals surface area contributed by atoms with Crippen molar-refractivity contribution in [3.05, 3.63) is 18.2 Å². The number of carboxylic acid groups (broad SMARTS) is 1. The maximum atomic E-state index is 12.2. The minimum Gasteiger partial charge on any atom is -0.480 e. The Bertz CT molecular complexity index is 701. The first-order chi connectivity index (χ1) is 13.7. The zero-order chi connectivity index (χ0) is 22.0. The van der Waals surface area contributed by atoms with Gasteiger partial charge in [0.1, 0.15) is 18.1 Å². The van der Waals surface area contributed by atoms with Crippen LogP contribution in [-0.4, -0.2) is 92.1 Å². The molecule has 0 aromatic carbocycles. The van der Waals surface area contributed by atoms with Crippen LogP contribution in [0.4, 0.5) is 0 Å². The van der Waals surface area contributed by atoms with Crippen LogP contribution in [0.5, 0.6) is 0 Å². The van der Waals surface area contributed by atoms with Gasteiger partial charge in [0.25, 0.3) is 0 Å². The molecule has 3 amide bonds. The van der Waals surface area contributed by atoms with Crippen LogP contribution in [-0.2, 0) is 25.6 Å². The molecule has 13 nitrogen and oxygen atoms in total. The number of aromatic amines is 1. The summed E-state index contributed by atoms with van der Waals surface area (Å²) >= 11 is 3.79. The standard InChI is InChI=1S/C15H24N6O7S/c16-8(1-7-2-17-6-18-7)12(24)19-9(3-22)13(25)20-10(4-23)14(26)21-11(5-29)15(27)28/h2,6,8-11,22-23,29H,1,3-5,16H2,(H,17,18)(H,19,24)(H,20,25)(H,21,26)(H,27,28). The van der Waals surface area contributed by atoms with Crippen molar-refractivity contribution in [1.29, 1.82) is 0 Å². The Balaban J connectivity index is 2.66. The lowest BCUT2D eigenvalue weighted by atomic mass is 10.1. The molecule has 4 atom stereocenters. The van der Waals surface area contributed by atoms with Crippen molar-refractivity contribution in [1.82, 2.24) is 25.9 Å². The first kappa shape index (κ1) is 24.4. The highest BCUT2D eigenvalue weighted by Gasteiger charge is 2.29. The maximum Gasteiger partial charge on any atom is 0.327 e. The predicted octanol–water partition coefficient (Wildman–Crippen LogP) is -4.27. The van der Waals surface area contributed by atoms with Crippen molar-refractivity contribution in [2.45, 2.75) is 30.6 Å². The number of carbonyl (C=O) groups excluding carboxylic acids is 3. The fourth-order valence-corrected chi connectivity index (χ4v) is 2.37. The van der Waals surface area contributed by atoms with E-state index in [0.29, 0.717) is 5.69 Å². The number of aliphatic hydroxyl groups excluding tert-OH is 2. The molecule has 0 aliphatic carbocycles. The van der Waals surface area contributed by atoms with Gasteiger partial charge in [-0.05, 0) is 0 Å². The SMILES string of the molecule is NC(Cc1cnc[nH]1)C(=O)NC(CO)C(=O)NC(CO)C(=O)NC(CS)C(=O)O. The number of thiol groups is 1. The third-order valence-corrected chi connectivity index (χ3v) is 4.12. The van der Waals surface area contributed by atoms with Gasteiger partial charge in [0, 0.05) is 24.1 Å². The van der Waals surface area contributed by atoms with Crippen molar-refractivity contribution in [2.75, 3.05) is 19.0 Å². The van der Waals surface area contributed by atoms with Crippen LogP contribution in [0.3, 0.4) is 0 Å². The second-order valence-electron chi connectivity index (χ2n) is 5.96. The molecule has 0 aliphatic rings. The lowest BCUT2D eigenvalue weighted by molar-refractivity contribution is -0.142. The van der Waals surface area contributed by atoms with Gasteiger partial charge in [-0.1, -0.05) is 0 Å². The number of aliphatic hydroxyl groups is 2. The average molecular weight is 432 g/mol. The van der Waals surface area contributed by atoms with Crippen molar-refractivity contribution >= 4 is 36.3 Å². The van der Waals surface area contributed by atoms with E-state index >= 15 is 0 Å². The second kappa shape index (κ2) is 12.0. The number of H-pyrrole nitrogens is 1. The molecule has 0 saturated heterocycles. The molecule has 0 aliphatic heterocycles. The Morgan fingerprint density at radius 2 is 1.55 bits per heavy atom. The number of amides is 3. The fraction of sp³-hybridized carbons (Fsp3) is 0.533. The molecule has 9 N–H and O–H groups in total. The van der Waals surface area contributed by atoms with Crippen molar-refractivity contribution in [3.63, 3.8) is 0 Å². The van der Waals surface area contributed by atoms with E-state index in [1.165, 1.54) is 12.5 Å². The number of hydrogen-bond donors (Lipinski definition) is 9. The smallest absolute Gasteiger partial charge is 0.327 e. The van der Waals surface area contributed by atoms with E-state index in [4.69, 9.17) is 10.8 Å². The summed E-state index contributed by atoms with van der Waals surface area (Å²) in [4.78, 5) is 53.9. The van der Waals surface area contributed by atoms with Gasteiger partial charge >= 0.3 is 5.97 Å². The average Bonchev–Trinajstić information content (AvgIpc) is 3.20. The largest absolute Gasteiger partial charge is 0.480 e. The Morgan fingerprint density at radius 1 is 1.03 bits per heavy atom. The molecule has 0 fully saturated rings. The predicted molar refractivity (Wildman–Crippen MR) is 102 cm³/mol. The number of carboxylic acids is 1. The lowest BCUT2D eigenvalue weighted by Gasteiger charge is -2.23. The summed E-state index contributed by atoms with van der Waals surface area (Å²) in [5.74, 6) is -4.23. The van der Waals surface area contributed by atoms with E-state index in [-0.39, 0.29) is 12.2 Å². The van der Waals surface area contributed by atoms with Gasteiger partial charge in [0.15, 0.2) is 0 Å². The van der Waals surface area contributed by atoms with Gasteiger partial charge < -0.3 is 42.0 Å². The van der Waals surface area contributed by atoms with Gasteiger partial charge in [-0.3, -0.25) is 14.4 Å². The Labute approximate surface area is 170 Å². The number of nitrogens with zero attached hydrogens (tertiary/aromatic N) is 1.